The van der Waals surface area contributed by atoms with E-state index < -0.39 is 0 Å². The highest BCUT2D eigenvalue weighted by atomic mass is 32.1. The van der Waals surface area contributed by atoms with E-state index in [-0.39, 0.29) is 23.6 Å². The van der Waals surface area contributed by atoms with Gasteiger partial charge in [0.2, 0.25) is 11.0 Å². The number of anilines is 1. The van der Waals surface area contributed by atoms with E-state index in [1.165, 1.54) is 17.5 Å². The number of aliphatic hydroxyl groups is 1. The number of piperidine rings is 1. The lowest BCUT2D eigenvalue weighted by molar-refractivity contribution is -0.118. The van der Waals surface area contributed by atoms with Crippen LogP contribution in [0.15, 0.2) is 47.3 Å². The van der Waals surface area contributed by atoms with E-state index in [4.69, 9.17) is 5.53 Å². The monoisotopic (exact) mass is 514 g/mol. The zero-order chi connectivity index (χ0) is 25.6. The first-order valence-electron chi connectivity index (χ1n) is 12.2. The van der Waals surface area contributed by atoms with Crippen LogP contribution in [0, 0.1) is 5.53 Å². The quantitative estimate of drug-likeness (QED) is 0.147. The lowest BCUT2D eigenvalue weighted by atomic mass is 10.1. The number of amides is 2. The van der Waals surface area contributed by atoms with Crippen molar-refractivity contribution in [1.82, 2.24) is 25.7 Å². The van der Waals surface area contributed by atoms with Crippen LogP contribution in [0.5, 0.6) is 0 Å². The van der Waals surface area contributed by atoms with Crippen molar-refractivity contribution >= 4 is 28.3 Å². The van der Waals surface area contributed by atoms with Crippen LogP contribution in [0.1, 0.15) is 36.3 Å². The maximum atomic E-state index is 12.2. The second kappa shape index (κ2) is 15.0. The number of unbranched alkanes of at least 4 members (excludes halogenated alkanes) is 1. The zero-order valence-electron chi connectivity index (χ0n) is 20.3. The molecule has 0 radical (unpaired) electrons. The highest BCUT2D eigenvalue weighted by molar-refractivity contribution is 7.15. The summed E-state index contributed by atoms with van der Waals surface area (Å²) in [4.78, 5) is 26.6. The minimum absolute atomic E-state index is 0.0316. The van der Waals surface area contributed by atoms with E-state index in [0.29, 0.717) is 31.2 Å². The molecule has 3 rings (SSSR count). The van der Waals surface area contributed by atoms with Gasteiger partial charge in [-0.1, -0.05) is 41.7 Å². The molecule has 36 heavy (non-hydrogen) atoms. The number of nitrogens with one attached hydrogen (secondary N) is 4. The van der Waals surface area contributed by atoms with Crippen molar-refractivity contribution in [2.75, 3.05) is 38.0 Å². The lowest BCUT2D eigenvalue weighted by Crippen LogP contribution is -2.41. The molecule has 1 aliphatic heterocycles. The van der Waals surface area contributed by atoms with Crippen LogP contribution >= 0.6 is 11.3 Å². The molecule has 2 aromatic rings. The van der Waals surface area contributed by atoms with Crippen LogP contribution in [0.3, 0.4) is 0 Å². The van der Waals surface area contributed by atoms with E-state index >= 15 is 0 Å². The van der Waals surface area contributed by atoms with E-state index in [1.54, 1.807) is 0 Å². The smallest absolute Gasteiger partial charge is 0.273 e. The summed E-state index contributed by atoms with van der Waals surface area (Å²) < 4.78 is 0. The fourth-order valence-corrected chi connectivity index (χ4v) is 4.53. The van der Waals surface area contributed by atoms with Gasteiger partial charge in [-0.25, -0.2) is 5.53 Å². The van der Waals surface area contributed by atoms with Gasteiger partial charge in [0, 0.05) is 45.3 Å². The molecule has 0 atom stereocenters. The number of rotatable bonds is 14. The summed E-state index contributed by atoms with van der Waals surface area (Å²) in [7, 11) is 0. The van der Waals surface area contributed by atoms with Gasteiger partial charge in [-0.05, 0) is 31.2 Å². The van der Waals surface area contributed by atoms with Gasteiger partial charge in [-0.15, -0.1) is 10.2 Å². The Hall–Kier alpha value is -3.22. The third-order valence-electron chi connectivity index (χ3n) is 5.75. The summed E-state index contributed by atoms with van der Waals surface area (Å²) in [5.74, 6) is -0.504. The molecule has 0 aliphatic carbocycles. The molecule has 1 saturated heterocycles. The predicted molar refractivity (Wildman–Crippen MR) is 138 cm³/mol. The van der Waals surface area contributed by atoms with Crippen molar-refractivity contribution in [1.29, 1.82) is 5.53 Å². The maximum absolute atomic E-state index is 12.2. The summed E-state index contributed by atoms with van der Waals surface area (Å²) in [6.45, 7) is 3.46. The second-order valence-electron chi connectivity index (χ2n) is 8.59. The molecular weight excluding hydrogens is 480 g/mol. The Labute approximate surface area is 214 Å². The average molecular weight is 515 g/mol. The van der Waals surface area contributed by atoms with Gasteiger partial charge in [0.15, 0.2) is 5.70 Å². The van der Waals surface area contributed by atoms with Gasteiger partial charge >= 0.3 is 0 Å². The van der Waals surface area contributed by atoms with E-state index in [9.17, 15) is 14.7 Å². The number of aromatic nitrogens is 2. The number of aryl methyl sites for hydroxylation is 1. The minimum atomic E-state index is -0.384. The first-order chi connectivity index (χ1) is 17.5. The average Bonchev–Trinajstić information content (AvgIpc) is 3.32. The van der Waals surface area contributed by atoms with Gasteiger partial charge in [-0.3, -0.25) is 9.59 Å². The molecule has 11 nitrogen and oxygen atoms in total. The SMILES string of the molecule is N=N/C(=C\NCCCCc1nnc(NC(=O)Cc2ccccc2)s1)C(=O)NCCN1CCC(O)CC1. The highest BCUT2D eigenvalue weighted by Crippen LogP contribution is 2.17. The Morgan fingerprint density at radius 3 is 2.69 bits per heavy atom. The van der Waals surface area contributed by atoms with Crippen LogP contribution in [0.4, 0.5) is 5.13 Å². The first-order valence-corrected chi connectivity index (χ1v) is 13.0. The Balaban J connectivity index is 1.27. The molecule has 12 heteroatoms. The largest absolute Gasteiger partial charge is 0.393 e. The Kier molecular flexibility index (Phi) is 11.4. The van der Waals surface area contributed by atoms with E-state index in [0.717, 1.165) is 55.8 Å². The van der Waals surface area contributed by atoms with Crippen LogP contribution in [-0.4, -0.2) is 70.8 Å². The number of nitrogens with zero attached hydrogens (tertiary/aromatic N) is 4. The summed E-state index contributed by atoms with van der Waals surface area (Å²) in [6.07, 6.45) is 5.49. The Morgan fingerprint density at radius 2 is 1.94 bits per heavy atom. The van der Waals surface area contributed by atoms with Gasteiger partial charge in [0.05, 0.1) is 12.5 Å². The molecular formula is C24H34N8O3S. The van der Waals surface area contributed by atoms with Crippen LogP contribution < -0.4 is 16.0 Å². The van der Waals surface area contributed by atoms with Crippen molar-refractivity contribution in [2.45, 2.75) is 44.6 Å². The maximum Gasteiger partial charge on any atom is 0.273 e. The summed E-state index contributed by atoms with van der Waals surface area (Å²) in [5, 5.41) is 31.0. The molecule has 0 bridgehead atoms. The fraction of sp³-hybridized carbons (Fsp3) is 0.500. The van der Waals surface area contributed by atoms with Crippen molar-refractivity contribution < 1.29 is 14.7 Å². The zero-order valence-corrected chi connectivity index (χ0v) is 21.1. The van der Waals surface area contributed by atoms with Crippen molar-refractivity contribution in [3.63, 3.8) is 0 Å². The number of hydrogen-bond donors (Lipinski definition) is 5. The van der Waals surface area contributed by atoms with Crippen LogP contribution in [0.2, 0.25) is 0 Å². The topological polar surface area (TPSA) is 156 Å². The van der Waals surface area contributed by atoms with E-state index in [1.807, 2.05) is 30.3 Å². The highest BCUT2D eigenvalue weighted by Gasteiger charge is 2.17. The molecule has 1 fully saturated rings. The third kappa shape index (κ3) is 9.80. The van der Waals surface area contributed by atoms with Crippen LogP contribution in [-0.2, 0) is 22.4 Å². The fourth-order valence-electron chi connectivity index (χ4n) is 3.73. The number of benzene rings is 1. The molecule has 0 unspecified atom stereocenters. The summed E-state index contributed by atoms with van der Waals surface area (Å²) >= 11 is 1.37. The van der Waals surface area contributed by atoms with Gasteiger partial charge in [0.25, 0.3) is 5.91 Å². The number of likely N-dealkylation sites (tertiary alicyclic amines) is 1. The van der Waals surface area contributed by atoms with Gasteiger partial charge in [0.1, 0.15) is 5.01 Å². The number of carbonyl (C=O) groups excluding carboxylic acids is 2. The molecule has 2 heterocycles. The van der Waals surface area contributed by atoms with Gasteiger partial charge < -0.3 is 26.0 Å². The molecule has 0 saturated carbocycles. The predicted octanol–water partition coefficient (Wildman–Crippen LogP) is 2.08. The molecule has 194 valence electrons. The summed E-state index contributed by atoms with van der Waals surface area (Å²) in [5.41, 5.74) is 8.24. The van der Waals surface area contributed by atoms with Crippen molar-refractivity contribution in [3.8, 4) is 0 Å². The molecule has 1 aromatic heterocycles. The lowest BCUT2D eigenvalue weighted by Gasteiger charge is -2.29. The summed E-state index contributed by atoms with van der Waals surface area (Å²) in [6, 6.07) is 9.53. The number of carbonyl (C=O) groups is 2. The second-order valence-corrected chi connectivity index (χ2v) is 9.65. The molecule has 5 N–H and O–H groups in total. The normalized spacial score (nSPS) is 14.9. The first kappa shape index (κ1) is 27.4. The molecule has 1 aromatic carbocycles. The Bertz CT molecular complexity index is 1010. The van der Waals surface area contributed by atoms with Crippen molar-refractivity contribution in [2.24, 2.45) is 5.11 Å². The number of hydrogen-bond acceptors (Lipinski definition) is 10. The third-order valence-corrected chi connectivity index (χ3v) is 6.64. The van der Waals surface area contributed by atoms with Crippen LogP contribution in [0.25, 0.3) is 0 Å². The molecule has 2 amide bonds. The van der Waals surface area contributed by atoms with E-state index in [2.05, 4.69) is 36.2 Å². The van der Waals surface area contributed by atoms with Gasteiger partial charge in [-0.2, -0.15) is 5.11 Å². The van der Waals surface area contributed by atoms with Crippen molar-refractivity contribution in [3.05, 3.63) is 52.8 Å². The molecule has 0 spiro atoms. The molecule has 1 aliphatic rings. The minimum Gasteiger partial charge on any atom is -0.393 e. The number of aliphatic hydroxyl groups excluding tert-OH is 1. The Morgan fingerprint density at radius 1 is 1.17 bits per heavy atom. The standard InChI is InChI=1S/C24H34N8O3S/c25-29-20(23(35)27-12-15-32-13-9-19(33)10-14-32)17-26-11-5-4-8-22-30-31-24(36-22)28-21(34)16-18-6-2-1-3-7-18/h1-3,6-7,17,19,25-26,33H,4-5,8-16H2,(H,27,35)(H,28,31,34)/b20-17-,29-25?.